The third-order valence-electron chi connectivity index (χ3n) is 7.02. The average Bonchev–Trinajstić information content (AvgIpc) is 3.42. The molecule has 5 rings (SSSR count). The molecule has 4 heterocycles. The van der Waals surface area contributed by atoms with Gasteiger partial charge in [-0.15, -0.1) is 10.2 Å². The molecule has 2 aliphatic rings. The van der Waals surface area contributed by atoms with E-state index in [0.717, 1.165) is 53.6 Å². The minimum absolute atomic E-state index is 0.717. The van der Waals surface area contributed by atoms with Gasteiger partial charge in [0.2, 0.25) is 0 Å². The van der Waals surface area contributed by atoms with E-state index in [1.54, 1.807) is 0 Å². The third-order valence-corrected chi connectivity index (χ3v) is 7.02. The summed E-state index contributed by atoms with van der Waals surface area (Å²) in [6.07, 6.45) is 6.37. The first kappa shape index (κ1) is 20.1. The van der Waals surface area contributed by atoms with Crippen LogP contribution in [0.3, 0.4) is 0 Å². The van der Waals surface area contributed by atoms with Gasteiger partial charge < -0.3 is 5.32 Å². The van der Waals surface area contributed by atoms with Gasteiger partial charge in [-0.05, 0) is 73.8 Å². The van der Waals surface area contributed by atoms with Crippen molar-refractivity contribution in [2.24, 2.45) is 24.8 Å². The van der Waals surface area contributed by atoms with Crippen molar-refractivity contribution >= 4 is 5.82 Å². The fourth-order valence-electron chi connectivity index (χ4n) is 5.43. The maximum absolute atomic E-state index is 4.58. The Bertz CT molecular complexity index is 1010. The molecule has 1 saturated heterocycles. The maximum atomic E-state index is 4.58. The average molecular weight is 418 g/mol. The van der Waals surface area contributed by atoms with Crippen molar-refractivity contribution in [1.29, 1.82) is 0 Å². The Morgan fingerprint density at radius 1 is 1.03 bits per heavy atom. The number of fused-ring (bicyclic) bond motifs is 1. The molecule has 162 valence electrons. The zero-order valence-corrected chi connectivity index (χ0v) is 18.6. The van der Waals surface area contributed by atoms with Crippen LogP contribution in [0.25, 0.3) is 11.4 Å². The summed E-state index contributed by atoms with van der Waals surface area (Å²) in [5, 5.41) is 16.6. The van der Waals surface area contributed by atoms with Crippen molar-refractivity contribution in [3.05, 3.63) is 53.5 Å². The van der Waals surface area contributed by atoms with Crippen LogP contribution in [0.15, 0.2) is 36.7 Å². The number of nitrogens with zero attached hydrogens (tertiary/aromatic N) is 6. The summed E-state index contributed by atoms with van der Waals surface area (Å²) < 4.78 is 1.85. The monoisotopic (exact) mass is 417 g/mol. The predicted octanol–water partition coefficient (Wildman–Crippen LogP) is 3.46. The van der Waals surface area contributed by atoms with Crippen LogP contribution in [0.5, 0.6) is 0 Å². The van der Waals surface area contributed by atoms with E-state index >= 15 is 0 Å². The molecule has 7 heteroatoms. The maximum Gasteiger partial charge on any atom is 0.148 e. The molecule has 1 aliphatic carbocycles. The highest BCUT2D eigenvalue weighted by Gasteiger charge is 2.40. The van der Waals surface area contributed by atoms with Crippen LogP contribution in [-0.4, -0.2) is 49.5 Å². The van der Waals surface area contributed by atoms with Gasteiger partial charge in [0.1, 0.15) is 11.5 Å². The molecule has 7 nitrogen and oxygen atoms in total. The lowest BCUT2D eigenvalue weighted by Crippen LogP contribution is -2.24. The smallest absolute Gasteiger partial charge is 0.148 e. The lowest BCUT2D eigenvalue weighted by Gasteiger charge is -2.19. The van der Waals surface area contributed by atoms with Crippen molar-refractivity contribution in [3.8, 4) is 11.4 Å². The normalized spacial score (nSPS) is 23.3. The molecule has 3 aromatic heterocycles. The van der Waals surface area contributed by atoms with Crippen LogP contribution >= 0.6 is 0 Å². The van der Waals surface area contributed by atoms with Gasteiger partial charge in [-0.3, -0.25) is 14.6 Å². The highest BCUT2D eigenvalue weighted by molar-refractivity contribution is 5.59. The topological polar surface area (TPSA) is 71.8 Å². The number of hydrogen-bond acceptors (Lipinski definition) is 6. The Balaban J connectivity index is 1.12. The molecule has 3 aromatic rings. The van der Waals surface area contributed by atoms with Gasteiger partial charge in [-0.25, -0.2) is 0 Å². The van der Waals surface area contributed by atoms with Crippen LogP contribution in [-0.2, 0) is 13.6 Å². The zero-order valence-electron chi connectivity index (χ0n) is 18.6. The molecule has 2 fully saturated rings. The van der Waals surface area contributed by atoms with Crippen molar-refractivity contribution in [1.82, 2.24) is 29.9 Å². The molecule has 0 bridgehead atoms. The lowest BCUT2D eigenvalue weighted by atomic mass is 10.0. The number of anilines is 1. The Morgan fingerprint density at radius 2 is 1.84 bits per heavy atom. The van der Waals surface area contributed by atoms with E-state index in [1.165, 1.54) is 37.2 Å². The van der Waals surface area contributed by atoms with Gasteiger partial charge in [0, 0.05) is 39.4 Å². The van der Waals surface area contributed by atoms with Crippen molar-refractivity contribution in [2.75, 3.05) is 25.0 Å². The van der Waals surface area contributed by atoms with Crippen LogP contribution in [0.4, 0.5) is 5.82 Å². The summed E-state index contributed by atoms with van der Waals surface area (Å²) in [4.78, 5) is 7.17. The Kier molecular flexibility index (Phi) is 5.44. The first-order valence-corrected chi connectivity index (χ1v) is 11.3. The third kappa shape index (κ3) is 4.19. The van der Waals surface area contributed by atoms with Crippen LogP contribution in [0.1, 0.15) is 29.7 Å². The van der Waals surface area contributed by atoms with E-state index in [1.807, 2.05) is 49.2 Å². The summed E-state index contributed by atoms with van der Waals surface area (Å²) in [7, 11) is 1.94. The lowest BCUT2D eigenvalue weighted by molar-refractivity contribution is 0.288. The molecule has 0 radical (unpaired) electrons. The minimum atomic E-state index is 0.717. The van der Waals surface area contributed by atoms with Crippen molar-refractivity contribution in [3.63, 3.8) is 0 Å². The fraction of sp³-hybridized carbons (Fsp3) is 0.500. The summed E-state index contributed by atoms with van der Waals surface area (Å²) in [5.74, 6) is 3.21. The second kappa shape index (κ2) is 8.38. The van der Waals surface area contributed by atoms with Gasteiger partial charge in [-0.1, -0.05) is 6.07 Å². The van der Waals surface area contributed by atoms with Gasteiger partial charge in [0.05, 0.1) is 17.6 Å². The van der Waals surface area contributed by atoms with E-state index in [2.05, 4.69) is 43.5 Å². The number of aryl methyl sites for hydroxylation is 3. The first-order chi connectivity index (χ1) is 15.1. The summed E-state index contributed by atoms with van der Waals surface area (Å²) in [6, 6.07) is 8.24. The largest absolute Gasteiger partial charge is 0.368 e. The summed E-state index contributed by atoms with van der Waals surface area (Å²) in [5.41, 5.74) is 5.52. The van der Waals surface area contributed by atoms with Gasteiger partial charge >= 0.3 is 0 Å². The molecule has 0 spiro atoms. The van der Waals surface area contributed by atoms with E-state index in [4.69, 9.17) is 0 Å². The second-order valence-electron chi connectivity index (χ2n) is 9.30. The van der Waals surface area contributed by atoms with E-state index in [0.29, 0.717) is 0 Å². The molecule has 0 aromatic carbocycles. The molecule has 0 amide bonds. The van der Waals surface area contributed by atoms with Gasteiger partial charge in [-0.2, -0.15) is 5.10 Å². The fourth-order valence-corrected chi connectivity index (χ4v) is 5.43. The minimum Gasteiger partial charge on any atom is -0.368 e. The molecule has 0 unspecified atom stereocenters. The van der Waals surface area contributed by atoms with E-state index in [9.17, 15) is 0 Å². The Hall–Kier alpha value is -2.80. The SMILES string of the molecule is Cc1cccnc1CN1C[C@H]2C[C@@H](CNc3ccc(-c4c(C)cnn4C)nn3)C[C@H]2C1. The van der Waals surface area contributed by atoms with E-state index < -0.39 is 0 Å². The van der Waals surface area contributed by atoms with Crippen LogP contribution in [0.2, 0.25) is 0 Å². The van der Waals surface area contributed by atoms with Gasteiger partial charge in [0.25, 0.3) is 0 Å². The Morgan fingerprint density at radius 3 is 2.48 bits per heavy atom. The number of pyridine rings is 1. The molecular formula is C24H31N7. The number of aromatic nitrogens is 5. The highest BCUT2D eigenvalue weighted by Crippen LogP contribution is 2.42. The number of hydrogen-bond donors (Lipinski definition) is 1. The molecule has 31 heavy (non-hydrogen) atoms. The number of nitrogens with one attached hydrogen (secondary N) is 1. The van der Waals surface area contributed by atoms with Crippen LogP contribution in [0, 0.1) is 31.6 Å². The molecule has 1 aliphatic heterocycles. The number of rotatable bonds is 6. The van der Waals surface area contributed by atoms with Gasteiger partial charge in [0.15, 0.2) is 0 Å². The molecule has 1 N–H and O–H groups in total. The van der Waals surface area contributed by atoms with Crippen molar-refractivity contribution < 1.29 is 0 Å². The highest BCUT2D eigenvalue weighted by atomic mass is 15.3. The second-order valence-corrected chi connectivity index (χ2v) is 9.30. The zero-order chi connectivity index (χ0) is 21.4. The summed E-state index contributed by atoms with van der Waals surface area (Å²) >= 11 is 0. The predicted molar refractivity (Wildman–Crippen MR) is 121 cm³/mol. The van der Waals surface area contributed by atoms with Crippen molar-refractivity contribution in [2.45, 2.75) is 33.2 Å². The quantitative estimate of drug-likeness (QED) is 0.662. The van der Waals surface area contributed by atoms with E-state index in [-0.39, 0.29) is 0 Å². The molecule has 3 atom stereocenters. The number of likely N-dealkylation sites (tertiary alicyclic amines) is 1. The first-order valence-electron chi connectivity index (χ1n) is 11.3. The van der Waals surface area contributed by atoms with Crippen LogP contribution < -0.4 is 5.32 Å². The Labute approximate surface area is 183 Å². The standard InChI is InChI=1S/C24H31N7/c1-16-5-4-8-25-22(16)15-31-13-19-9-18(10-20(19)14-31)12-26-23-7-6-21(28-29-23)24-17(2)11-27-30(24)3/h4-8,11,18-20H,9-10,12-15H2,1-3H3,(H,26,29)/t18-,19-,20+. The molecular weight excluding hydrogens is 386 g/mol. The molecule has 1 saturated carbocycles. The summed E-state index contributed by atoms with van der Waals surface area (Å²) in [6.45, 7) is 8.58.